The quantitative estimate of drug-likeness (QED) is 0.641. The van der Waals surface area contributed by atoms with Crippen molar-refractivity contribution in [3.05, 3.63) is 57.3 Å². The molecule has 9 heteroatoms. The summed E-state index contributed by atoms with van der Waals surface area (Å²) in [5.74, 6) is -0.430. The number of aromatic amines is 1. The zero-order chi connectivity index (χ0) is 19.7. The number of fused-ring (bicyclic) bond motifs is 1. The lowest BCUT2D eigenvalue weighted by Crippen LogP contribution is -2.45. The van der Waals surface area contributed by atoms with E-state index in [1.54, 1.807) is 15.5 Å². The molecule has 4 rings (SSSR count). The SMILES string of the molecule is O=C(NCC(=O)N1CCC(n2c(=O)[nH]c3ccccc32)CC1)c1ccc(Br)o1. The number of carbonyl (C=O) groups excluding carboxylic acids is 2. The molecule has 0 aliphatic carbocycles. The number of para-hydroxylation sites is 2. The fraction of sp³-hybridized carbons (Fsp3) is 0.316. The number of benzene rings is 1. The highest BCUT2D eigenvalue weighted by Crippen LogP contribution is 2.24. The molecule has 1 aliphatic heterocycles. The van der Waals surface area contributed by atoms with Crippen molar-refractivity contribution >= 4 is 38.8 Å². The van der Waals surface area contributed by atoms with Crippen LogP contribution in [0.15, 0.2) is 50.3 Å². The molecule has 0 unspecified atom stereocenters. The molecule has 0 bridgehead atoms. The Balaban J connectivity index is 1.34. The first-order valence-electron chi connectivity index (χ1n) is 9.03. The highest BCUT2D eigenvalue weighted by atomic mass is 79.9. The maximum Gasteiger partial charge on any atom is 0.326 e. The summed E-state index contributed by atoms with van der Waals surface area (Å²) in [6, 6.07) is 10.8. The van der Waals surface area contributed by atoms with E-state index in [0.717, 1.165) is 11.0 Å². The average Bonchev–Trinajstić information content (AvgIpc) is 3.28. The zero-order valence-corrected chi connectivity index (χ0v) is 16.6. The highest BCUT2D eigenvalue weighted by Gasteiger charge is 2.26. The molecule has 28 heavy (non-hydrogen) atoms. The van der Waals surface area contributed by atoms with E-state index >= 15 is 0 Å². The first kappa shape index (κ1) is 18.5. The molecule has 0 saturated carbocycles. The lowest BCUT2D eigenvalue weighted by Gasteiger charge is -2.32. The molecule has 2 N–H and O–H groups in total. The van der Waals surface area contributed by atoms with Gasteiger partial charge in [-0.1, -0.05) is 12.1 Å². The summed E-state index contributed by atoms with van der Waals surface area (Å²) in [4.78, 5) is 41.3. The smallest absolute Gasteiger partial charge is 0.326 e. The highest BCUT2D eigenvalue weighted by molar-refractivity contribution is 9.10. The van der Waals surface area contributed by atoms with Gasteiger partial charge in [0, 0.05) is 19.1 Å². The molecular weight excluding hydrogens is 428 g/mol. The van der Waals surface area contributed by atoms with Crippen molar-refractivity contribution < 1.29 is 14.0 Å². The third-order valence-electron chi connectivity index (χ3n) is 5.00. The number of H-pyrrole nitrogens is 1. The van der Waals surface area contributed by atoms with Gasteiger partial charge in [-0.15, -0.1) is 0 Å². The summed E-state index contributed by atoms with van der Waals surface area (Å²) >= 11 is 3.14. The first-order chi connectivity index (χ1) is 13.5. The van der Waals surface area contributed by atoms with Gasteiger partial charge in [-0.2, -0.15) is 0 Å². The van der Waals surface area contributed by atoms with E-state index in [4.69, 9.17) is 4.42 Å². The molecule has 8 nitrogen and oxygen atoms in total. The molecule has 1 aromatic carbocycles. The van der Waals surface area contributed by atoms with E-state index in [2.05, 4.69) is 26.2 Å². The fourth-order valence-electron chi connectivity index (χ4n) is 3.60. The van der Waals surface area contributed by atoms with Crippen molar-refractivity contribution in [3.63, 3.8) is 0 Å². The first-order valence-corrected chi connectivity index (χ1v) is 9.83. The maximum absolute atomic E-state index is 12.4. The van der Waals surface area contributed by atoms with Crippen molar-refractivity contribution in [2.24, 2.45) is 0 Å². The summed E-state index contributed by atoms with van der Waals surface area (Å²) in [5.41, 5.74) is 1.58. The van der Waals surface area contributed by atoms with E-state index < -0.39 is 5.91 Å². The molecule has 1 fully saturated rings. The van der Waals surface area contributed by atoms with Gasteiger partial charge in [0.15, 0.2) is 10.4 Å². The molecule has 0 radical (unpaired) electrons. The summed E-state index contributed by atoms with van der Waals surface area (Å²) in [5, 5.41) is 2.58. The van der Waals surface area contributed by atoms with Crippen LogP contribution in [-0.4, -0.2) is 45.9 Å². The second-order valence-corrected chi connectivity index (χ2v) is 7.50. The van der Waals surface area contributed by atoms with E-state index in [9.17, 15) is 14.4 Å². The number of hydrogen-bond acceptors (Lipinski definition) is 4. The minimum Gasteiger partial charge on any atom is -0.444 e. The van der Waals surface area contributed by atoms with E-state index in [1.807, 2.05) is 24.3 Å². The van der Waals surface area contributed by atoms with Crippen molar-refractivity contribution in [2.45, 2.75) is 18.9 Å². The van der Waals surface area contributed by atoms with Crippen LogP contribution < -0.4 is 11.0 Å². The number of hydrogen-bond donors (Lipinski definition) is 2. The number of piperidine rings is 1. The number of imidazole rings is 1. The lowest BCUT2D eigenvalue weighted by molar-refractivity contribution is -0.131. The summed E-state index contributed by atoms with van der Waals surface area (Å²) in [6.07, 6.45) is 1.37. The minimum atomic E-state index is -0.431. The molecule has 3 aromatic rings. The van der Waals surface area contributed by atoms with Crippen molar-refractivity contribution in [1.82, 2.24) is 19.8 Å². The molecule has 1 aliphatic rings. The lowest BCUT2D eigenvalue weighted by atomic mass is 10.0. The van der Waals surface area contributed by atoms with Gasteiger partial charge in [-0.25, -0.2) is 4.79 Å². The molecule has 146 valence electrons. The monoisotopic (exact) mass is 446 g/mol. The number of aromatic nitrogens is 2. The van der Waals surface area contributed by atoms with Gasteiger partial charge in [0.1, 0.15) is 0 Å². The molecule has 2 amide bonds. The average molecular weight is 447 g/mol. The van der Waals surface area contributed by atoms with Gasteiger partial charge in [-0.3, -0.25) is 14.2 Å². The predicted octanol–water partition coefficient (Wildman–Crippen LogP) is 2.28. The van der Waals surface area contributed by atoms with Gasteiger partial charge < -0.3 is 19.6 Å². The van der Waals surface area contributed by atoms with E-state index in [0.29, 0.717) is 30.6 Å². The Labute approximate surface area is 168 Å². The second kappa shape index (κ2) is 7.67. The van der Waals surface area contributed by atoms with Crippen LogP contribution in [0.3, 0.4) is 0 Å². The van der Waals surface area contributed by atoms with Crippen LogP contribution in [0.5, 0.6) is 0 Å². The number of halogens is 1. The summed E-state index contributed by atoms with van der Waals surface area (Å²) < 4.78 is 7.41. The topological polar surface area (TPSA) is 100 Å². The zero-order valence-electron chi connectivity index (χ0n) is 15.0. The van der Waals surface area contributed by atoms with Gasteiger partial charge >= 0.3 is 5.69 Å². The van der Waals surface area contributed by atoms with Crippen LogP contribution in [-0.2, 0) is 4.79 Å². The van der Waals surface area contributed by atoms with Gasteiger partial charge in [0.2, 0.25) is 5.91 Å². The molecule has 3 heterocycles. The number of likely N-dealkylation sites (tertiary alicyclic amines) is 1. The standard InChI is InChI=1S/C19H19BrN4O4/c20-16-6-5-15(28-16)18(26)21-11-17(25)23-9-7-12(8-10-23)24-14-4-2-1-3-13(14)22-19(24)27/h1-6,12H,7-11H2,(H,21,26)(H,22,27). The van der Waals surface area contributed by atoms with Crippen LogP contribution in [0.1, 0.15) is 29.4 Å². The Morgan fingerprint density at radius 1 is 1.18 bits per heavy atom. The molecule has 2 aromatic heterocycles. The van der Waals surface area contributed by atoms with Crippen molar-refractivity contribution in [2.75, 3.05) is 19.6 Å². The normalized spacial score (nSPS) is 15.1. The predicted molar refractivity (Wildman–Crippen MR) is 106 cm³/mol. The number of carbonyl (C=O) groups is 2. The third-order valence-corrected chi connectivity index (χ3v) is 5.43. The Kier molecular flexibility index (Phi) is 5.08. The molecule has 0 spiro atoms. The minimum absolute atomic E-state index is 0.0442. The largest absolute Gasteiger partial charge is 0.444 e. The van der Waals surface area contributed by atoms with E-state index in [1.165, 1.54) is 6.07 Å². The Morgan fingerprint density at radius 2 is 1.93 bits per heavy atom. The van der Waals surface area contributed by atoms with Crippen LogP contribution in [0.4, 0.5) is 0 Å². The number of nitrogens with zero attached hydrogens (tertiary/aromatic N) is 2. The maximum atomic E-state index is 12.4. The number of amides is 2. The fourth-order valence-corrected chi connectivity index (χ4v) is 3.91. The second-order valence-electron chi connectivity index (χ2n) is 6.72. The summed E-state index contributed by atoms with van der Waals surface area (Å²) in [6.45, 7) is 0.990. The number of rotatable bonds is 4. The number of nitrogens with one attached hydrogen (secondary N) is 2. The molecule has 0 atom stereocenters. The van der Waals surface area contributed by atoms with Crippen LogP contribution in [0.25, 0.3) is 11.0 Å². The van der Waals surface area contributed by atoms with Crippen molar-refractivity contribution in [1.29, 1.82) is 0 Å². The Hall–Kier alpha value is -2.81. The van der Waals surface area contributed by atoms with Crippen LogP contribution >= 0.6 is 15.9 Å². The Bertz CT molecular complexity index is 1070. The van der Waals surface area contributed by atoms with Gasteiger partial charge in [0.05, 0.1) is 17.6 Å². The van der Waals surface area contributed by atoms with Gasteiger partial charge in [-0.05, 0) is 53.0 Å². The van der Waals surface area contributed by atoms with Gasteiger partial charge in [0.25, 0.3) is 5.91 Å². The third kappa shape index (κ3) is 3.62. The van der Waals surface area contributed by atoms with E-state index in [-0.39, 0.29) is 29.9 Å². The van der Waals surface area contributed by atoms with Crippen LogP contribution in [0.2, 0.25) is 0 Å². The molecule has 1 saturated heterocycles. The number of furan rings is 1. The Morgan fingerprint density at radius 3 is 2.64 bits per heavy atom. The molecular formula is C19H19BrN4O4. The van der Waals surface area contributed by atoms with Crippen LogP contribution in [0, 0.1) is 0 Å². The van der Waals surface area contributed by atoms with Crippen molar-refractivity contribution in [3.8, 4) is 0 Å². The summed E-state index contributed by atoms with van der Waals surface area (Å²) in [7, 11) is 0.